The summed E-state index contributed by atoms with van der Waals surface area (Å²) in [7, 11) is 0. The first-order chi connectivity index (χ1) is 6.68. The zero-order chi connectivity index (χ0) is 10.1. The summed E-state index contributed by atoms with van der Waals surface area (Å²) in [5, 5.41) is 3.94. The Balaban J connectivity index is 0.00000112. The Kier molecular flexibility index (Phi) is 5.67. The second kappa shape index (κ2) is 6.06. The van der Waals surface area contributed by atoms with Crippen LogP contribution in [0.25, 0.3) is 0 Å². The Bertz CT molecular complexity index is 373. The number of hydrogen-bond donors (Lipinski definition) is 1. The fourth-order valence-corrected chi connectivity index (χ4v) is 3.13. The van der Waals surface area contributed by atoms with Gasteiger partial charge in [-0.3, -0.25) is 4.79 Å². The molecule has 15 heavy (non-hydrogen) atoms. The van der Waals surface area contributed by atoms with Crippen LogP contribution in [-0.2, 0) is 17.6 Å². The Morgan fingerprint density at radius 1 is 1.53 bits per heavy atom. The number of fused-ring (bicyclic) bond motifs is 1. The molecule has 1 amide bonds. The van der Waals surface area contributed by atoms with Gasteiger partial charge in [0.2, 0.25) is 5.91 Å². The topological polar surface area (TPSA) is 29.1 Å². The number of amides is 1. The fourth-order valence-electron chi connectivity index (χ4n) is 1.84. The van der Waals surface area contributed by atoms with E-state index >= 15 is 0 Å². The van der Waals surface area contributed by atoms with Gasteiger partial charge in [-0.2, -0.15) is 12.8 Å². The molecule has 1 N–H and O–H groups in total. The normalized spacial score (nSPS) is 14.0. The molecule has 0 radical (unpaired) electrons. The first kappa shape index (κ1) is 14.0. The zero-order valence-electron chi connectivity index (χ0n) is 9.52. The molecule has 4 heteroatoms. The molecular weight excluding hydrogens is 280 g/mol. The summed E-state index contributed by atoms with van der Waals surface area (Å²) in [6, 6.07) is 0. The minimum atomic E-state index is 0. The molecule has 0 atom stereocenters. The van der Waals surface area contributed by atoms with Gasteiger partial charge in [-0.1, -0.05) is 5.56 Å². The molecule has 1 heterocycles. The third-order valence-electron chi connectivity index (χ3n) is 2.57. The smallest absolute Gasteiger partial charge is 0.324 e. The average Bonchev–Trinajstić information content (AvgIpc) is 2.44. The van der Waals surface area contributed by atoms with Crippen molar-refractivity contribution in [3.8, 4) is 0 Å². The summed E-state index contributed by atoms with van der Waals surface area (Å²) in [5.41, 5.74) is 2.70. The molecule has 0 saturated heterocycles. The molecule has 76 valence electrons. The van der Waals surface area contributed by atoms with Crippen molar-refractivity contribution in [2.24, 2.45) is 0 Å². The third-order valence-corrected chi connectivity index (χ3v) is 3.88. The van der Waals surface area contributed by atoms with E-state index in [-0.39, 0.29) is 64.1 Å². The molecule has 2 rings (SSSR count). The van der Waals surface area contributed by atoms with Crippen LogP contribution in [0, 0.1) is 13.3 Å². The van der Waals surface area contributed by atoms with Crippen molar-refractivity contribution in [3.63, 3.8) is 0 Å². The van der Waals surface area contributed by atoms with Crippen LogP contribution in [0.4, 0.5) is 5.00 Å². The van der Waals surface area contributed by atoms with Gasteiger partial charge in [0.25, 0.3) is 0 Å². The average molecular weight is 294 g/mol. The number of anilines is 1. The summed E-state index contributed by atoms with van der Waals surface area (Å²) in [5.74, 6) is 0.0238. The van der Waals surface area contributed by atoms with Crippen molar-refractivity contribution in [3.05, 3.63) is 22.4 Å². The number of carbonyl (C=O) groups excluding carboxylic acids is 1. The van der Waals surface area contributed by atoms with Gasteiger partial charge < -0.3 is 11.7 Å². The molecule has 1 aliphatic rings. The van der Waals surface area contributed by atoms with E-state index < -0.39 is 0 Å². The van der Waals surface area contributed by atoms with Gasteiger partial charge in [0.15, 0.2) is 0 Å². The van der Waals surface area contributed by atoms with E-state index in [2.05, 4.69) is 18.7 Å². The van der Waals surface area contributed by atoms with Gasteiger partial charge in [-0.05, 0) is 18.9 Å². The molecule has 0 saturated carbocycles. The largest absolute Gasteiger partial charge is 1.00 e. The third kappa shape index (κ3) is 3.22. The van der Waals surface area contributed by atoms with Crippen LogP contribution in [0.3, 0.4) is 0 Å². The van der Waals surface area contributed by atoms with E-state index in [1.165, 1.54) is 22.4 Å². The standard InChI is InChI=1S/C11H14NOS.Rb/c1-7-9-5-3-4-6-10(9)14-11(7)12-8(2)13;/h3H,4-6H2,1-2H3,(H,12,13);/q-1;+1. The van der Waals surface area contributed by atoms with Gasteiger partial charge in [0.1, 0.15) is 0 Å². The summed E-state index contributed by atoms with van der Waals surface area (Å²) >= 11 is 1.74. The second-order valence-electron chi connectivity index (χ2n) is 3.67. The minimum Gasteiger partial charge on any atom is -0.324 e. The quantitative estimate of drug-likeness (QED) is 0.709. The molecule has 0 spiro atoms. The molecule has 0 unspecified atom stereocenters. The number of aryl methyl sites for hydroxylation is 1. The molecule has 1 aromatic rings. The molecule has 0 fully saturated rings. The van der Waals surface area contributed by atoms with Crippen molar-refractivity contribution in [1.29, 1.82) is 0 Å². The van der Waals surface area contributed by atoms with Crippen LogP contribution in [0.5, 0.6) is 0 Å². The van der Waals surface area contributed by atoms with Crippen LogP contribution in [0.2, 0.25) is 0 Å². The molecule has 0 bridgehead atoms. The fraction of sp³-hybridized carbons (Fsp3) is 0.455. The van der Waals surface area contributed by atoms with Crippen molar-refractivity contribution in [2.75, 3.05) is 5.32 Å². The Morgan fingerprint density at radius 3 is 2.87 bits per heavy atom. The van der Waals surface area contributed by atoms with Crippen molar-refractivity contribution in [2.45, 2.75) is 33.1 Å². The monoisotopic (exact) mass is 293 g/mol. The molecule has 1 aromatic heterocycles. The van der Waals surface area contributed by atoms with Crippen LogP contribution < -0.4 is 63.5 Å². The van der Waals surface area contributed by atoms with Gasteiger partial charge >= 0.3 is 58.2 Å². The SMILES string of the molecule is CC(=O)Nc1sc2c(c1C)C[CH-]CC2.[Rb+]. The first-order valence-electron chi connectivity index (χ1n) is 4.89. The minimum absolute atomic E-state index is 0. The van der Waals surface area contributed by atoms with Gasteiger partial charge in [0, 0.05) is 11.8 Å². The second-order valence-corrected chi connectivity index (χ2v) is 4.78. The zero-order valence-corrected chi connectivity index (χ0v) is 15.2. The van der Waals surface area contributed by atoms with Crippen LogP contribution in [0.15, 0.2) is 0 Å². The number of thiophene rings is 1. The predicted molar refractivity (Wildman–Crippen MR) is 59.7 cm³/mol. The van der Waals surface area contributed by atoms with Crippen LogP contribution in [0.1, 0.15) is 29.3 Å². The molecule has 1 aliphatic carbocycles. The van der Waals surface area contributed by atoms with Gasteiger partial charge in [0.05, 0.1) is 5.00 Å². The van der Waals surface area contributed by atoms with E-state index in [9.17, 15) is 4.79 Å². The first-order valence-corrected chi connectivity index (χ1v) is 5.70. The number of rotatable bonds is 1. The van der Waals surface area contributed by atoms with Gasteiger partial charge in [-0.15, -0.1) is 11.3 Å². The number of carbonyl (C=O) groups is 1. The predicted octanol–water partition coefficient (Wildman–Crippen LogP) is -0.288. The summed E-state index contributed by atoms with van der Waals surface area (Å²) < 4.78 is 0. The van der Waals surface area contributed by atoms with Gasteiger partial charge in [-0.25, -0.2) is 0 Å². The number of hydrogen-bond acceptors (Lipinski definition) is 2. The van der Waals surface area contributed by atoms with Crippen molar-refractivity contribution in [1.82, 2.24) is 0 Å². The number of nitrogens with one attached hydrogen (secondary N) is 1. The molecule has 0 aliphatic heterocycles. The maximum Gasteiger partial charge on any atom is 1.00 e. The molecular formula is C11H14NORbS. The Hall–Kier alpha value is 0.975. The van der Waals surface area contributed by atoms with E-state index in [1.807, 2.05) is 0 Å². The summed E-state index contributed by atoms with van der Waals surface area (Å²) in [6.45, 7) is 3.66. The molecule has 2 nitrogen and oxygen atoms in total. The summed E-state index contributed by atoms with van der Waals surface area (Å²) in [4.78, 5) is 12.4. The van der Waals surface area contributed by atoms with E-state index in [1.54, 1.807) is 18.3 Å². The molecule has 0 aromatic carbocycles. The Morgan fingerprint density at radius 2 is 2.27 bits per heavy atom. The van der Waals surface area contributed by atoms with E-state index in [4.69, 9.17) is 0 Å². The maximum atomic E-state index is 11.0. The summed E-state index contributed by atoms with van der Waals surface area (Å²) in [6.07, 6.45) is 5.70. The van der Waals surface area contributed by atoms with E-state index in [0.717, 1.165) is 17.8 Å². The van der Waals surface area contributed by atoms with E-state index in [0.29, 0.717) is 0 Å². The van der Waals surface area contributed by atoms with Crippen molar-refractivity contribution < 1.29 is 63.0 Å². The maximum absolute atomic E-state index is 11.0. The van der Waals surface area contributed by atoms with Crippen molar-refractivity contribution >= 4 is 22.2 Å². The van der Waals surface area contributed by atoms with Crippen LogP contribution in [-0.4, -0.2) is 5.91 Å². The Labute approximate surface area is 144 Å². The van der Waals surface area contributed by atoms with Crippen LogP contribution >= 0.6 is 11.3 Å².